The molecule has 0 aliphatic carbocycles. The van der Waals surface area contributed by atoms with E-state index in [1.807, 2.05) is 0 Å². The zero-order valence-corrected chi connectivity index (χ0v) is 15.9. The summed E-state index contributed by atoms with van der Waals surface area (Å²) in [5.41, 5.74) is 0.0238. The number of halogens is 2. The van der Waals surface area contributed by atoms with Crippen molar-refractivity contribution in [1.82, 2.24) is 5.32 Å². The number of anilines is 1. The monoisotopic (exact) mass is 425 g/mol. The molecule has 26 heavy (non-hydrogen) atoms. The molecule has 0 aliphatic heterocycles. The number of hydrogen-bond donors (Lipinski definition) is 2. The van der Waals surface area contributed by atoms with Crippen LogP contribution in [0.2, 0.25) is 10.0 Å². The lowest BCUT2D eigenvalue weighted by Crippen LogP contribution is -2.34. The van der Waals surface area contributed by atoms with Gasteiger partial charge in [0.1, 0.15) is 10.6 Å². The van der Waals surface area contributed by atoms with Crippen molar-refractivity contribution in [2.75, 3.05) is 5.32 Å². The molecule has 2 aromatic carbocycles. The molecule has 6 nitrogen and oxygen atoms in total. The van der Waals surface area contributed by atoms with Crippen LogP contribution in [0.15, 0.2) is 42.5 Å². The van der Waals surface area contributed by atoms with E-state index in [2.05, 4.69) is 10.6 Å². The number of nitrogens with zero attached hydrogens (tertiary/aromatic N) is 1. The van der Waals surface area contributed by atoms with Crippen molar-refractivity contribution in [2.45, 2.75) is 0 Å². The molecule has 0 radical (unpaired) electrons. The molecule has 0 aliphatic rings. The van der Waals surface area contributed by atoms with Gasteiger partial charge in [0.2, 0.25) is 0 Å². The van der Waals surface area contributed by atoms with Crippen LogP contribution in [0.25, 0.3) is 10.1 Å². The third-order valence-electron chi connectivity index (χ3n) is 3.37. The number of fused-ring (bicyclic) bond motifs is 1. The molecule has 0 spiro atoms. The van der Waals surface area contributed by atoms with E-state index in [0.29, 0.717) is 15.4 Å². The second-order valence-electron chi connectivity index (χ2n) is 5.07. The Morgan fingerprint density at radius 1 is 1.19 bits per heavy atom. The van der Waals surface area contributed by atoms with Gasteiger partial charge in [-0.1, -0.05) is 41.4 Å². The topological polar surface area (TPSA) is 84.3 Å². The van der Waals surface area contributed by atoms with Gasteiger partial charge in [-0.05, 0) is 30.4 Å². The average Bonchev–Trinajstić information content (AvgIpc) is 2.91. The van der Waals surface area contributed by atoms with Crippen molar-refractivity contribution in [3.8, 4) is 0 Å². The summed E-state index contributed by atoms with van der Waals surface area (Å²) in [6.07, 6.45) is 0. The van der Waals surface area contributed by atoms with Crippen LogP contribution >= 0.6 is 46.8 Å². The van der Waals surface area contributed by atoms with E-state index in [1.54, 1.807) is 24.3 Å². The molecule has 10 heteroatoms. The SMILES string of the molecule is O=C(NC(=S)Nc1ccccc1[N+](=O)[O-])c1sc2cc(Cl)ccc2c1Cl. The van der Waals surface area contributed by atoms with E-state index in [9.17, 15) is 14.9 Å². The van der Waals surface area contributed by atoms with Crippen LogP contribution in [0.5, 0.6) is 0 Å². The summed E-state index contributed by atoms with van der Waals surface area (Å²) in [4.78, 5) is 23.2. The van der Waals surface area contributed by atoms with E-state index >= 15 is 0 Å². The maximum Gasteiger partial charge on any atom is 0.292 e. The van der Waals surface area contributed by atoms with Gasteiger partial charge >= 0.3 is 0 Å². The Labute approximate surface area is 166 Å². The molecule has 0 bridgehead atoms. The summed E-state index contributed by atoms with van der Waals surface area (Å²) < 4.78 is 0.769. The van der Waals surface area contributed by atoms with Gasteiger partial charge in [-0.3, -0.25) is 20.2 Å². The highest BCUT2D eigenvalue weighted by atomic mass is 35.5. The fraction of sp³-hybridized carbons (Fsp3) is 0. The zero-order valence-electron chi connectivity index (χ0n) is 12.8. The minimum Gasteiger partial charge on any atom is -0.327 e. The molecule has 0 saturated carbocycles. The van der Waals surface area contributed by atoms with Gasteiger partial charge in [0.15, 0.2) is 5.11 Å². The Hall–Kier alpha value is -2.26. The van der Waals surface area contributed by atoms with Gasteiger partial charge < -0.3 is 5.32 Å². The maximum atomic E-state index is 12.5. The van der Waals surface area contributed by atoms with E-state index in [-0.39, 0.29) is 21.4 Å². The molecular formula is C16H9Cl2N3O3S2. The lowest BCUT2D eigenvalue weighted by molar-refractivity contribution is -0.383. The molecular weight excluding hydrogens is 417 g/mol. The van der Waals surface area contributed by atoms with Crippen LogP contribution in [-0.2, 0) is 0 Å². The third kappa shape index (κ3) is 3.78. The second-order valence-corrected chi connectivity index (χ2v) is 7.34. The molecule has 0 atom stereocenters. The van der Waals surface area contributed by atoms with Gasteiger partial charge in [0.25, 0.3) is 11.6 Å². The number of thiophene rings is 1. The molecule has 3 aromatic rings. The number of nitro groups is 1. The van der Waals surface area contributed by atoms with E-state index in [1.165, 1.54) is 29.5 Å². The Kier molecular flexibility index (Phi) is 5.38. The Balaban J connectivity index is 1.79. The quantitative estimate of drug-likeness (QED) is 0.340. The fourth-order valence-electron chi connectivity index (χ4n) is 2.24. The summed E-state index contributed by atoms with van der Waals surface area (Å²) in [6.45, 7) is 0. The average molecular weight is 426 g/mol. The first-order valence-electron chi connectivity index (χ1n) is 7.10. The number of rotatable bonds is 3. The number of para-hydroxylation sites is 2. The largest absolute Gasteiger partial charge is 0.327 e. The number of benzene rings is 2. The summed E-state index contributed by atoms with van der Waals surface area (Å²) in [5, 5.41) is 17.6. The highest BCUT2D eigenvalue weighted by Gasteiger charge is 2.19. The number of thiocarbonyl (C=S) groups is 1. The molecule has 2 N–H and O–H groups in total. The van der Waals surface area contributed by atoms with Gasteiger partial charge in [-0.25, -0.2) is 0 Å². The normalized spacial score (nSPS) is 10.5. The Bertz CT molecular complexity index is 1050. The fourth-order valence-corrected chi connectivity index (χ4v) is 4.13. The smallest absolute Gasteiger partial charge is 0.292 e. The molecule has 1 amide bonds. The molecule has 1 aromatic heterocycles. The zero-order chi connectivity index (χ0) is 18.8. The van der Waals surface area contributed by atoms with Crippen LogP contribution in [0.1, 0.15) is 9.67 Å². The van der Waals surface area contributed by atoms with Gasteiger partial charge in [-0.2, -0.15) is 0 Å². The Morgan fingerprint density at radius 3 is 2.65 bits per heavy atom. The standard InChI is InChI=1S/C16H9Cl2N3O3S2/c17-8-5-6-9-12(7-8)26-14(13(9)18)15(22)20-16(25)19-10-3-1-2-4-11(10)21(23)24/h1-7H,(H2,19,20,22,25). The molecule has 1 heterocycles. The van der Waals surface area contributed by atoms with Crippen LogP contribution in [0.4, 0.5) is 11.4 Å². The minimum absolute atomic E-state index is 0.0733. The molecule has 0 unspecified atom stereocenters. The summed E-state index contributed by atoms with van der Waals surface area (Å²) in [7, 11) is 0. The summed E-state index contributed by atoms with van der Waals surface area (Å²) in [6, 6.07) is 11.1. The predicted octanol–water partition coefficient (Wildman–Crippen LogP) is 5.24. The van der Waals surface area contributed by atoms with E-state index in [4.69, 9.17) is 35.4 Å². The number of carbonyl (C=O) groups is 1. The van der Waals surface area contributed by atoms with Crippen LogP contribution < -0.4 is 10.6 Å². The minimum atomic E-state index is -0.542. The van der Waals surface area contributed by atoms with Crippen molar-refractivity contribution >= 4 is 79.2 Å². The molecule has 0 saturated heterocycles. The van der Waals surface area contributed by atoms with Crippen molar-refractivity contribution in [3.05, 3.63) is 67.5 Å². The number of nitro benzene ring substituents is 1. The van der Waals surface area contributed by atoms with E-state index in [0.717, 1.165) is 4.70 Å². The van der Waals surface area contributed by atoms with Crippen molar-refractivity contribution in [1.29, 1.82) is 0 Å². The van der Waals surface area contributed by atoms with E-state index < -0.39 is 10.8 Å². The number of carbonyl (C=O) groups excluding carboxylic acids is 1. The Morgan fingerprint density at radius 2 is 1.92 bits per heavy atom. The van der Waals surface area contributed by atoms with Crippen molar-refractivity contribution in [2.24, 2.45) is 0 Å². The number of nitrogens with one attached hydrogen (secondary N) is 2. The van der Waals surface area contributed by atoms with Crippen LogP contribution in [0.3, 0.4) is 0 Å². The summed E-state index contributed by atoms with van der Waals surface area (Å²) in [5.74, 6) is -0.511. The summed E-state index contributed by atoms with van der Waals surface area (Å²) >= 11 is 18.5. The highest BCUT2D eigenvalue weighted by Crippen LogP contribution is 2.36. The number of amides is 1. The molecule has 132 valence electrons. The third-order valence-corrected chi connectivity index (χ3v) is 5.47. The number of hydrogen-bond acceptors (Lipinski definition) is 5. The van der Waals surface area contributed by atoms with Gasteiger partial charge in [0, 0.05) is 21.2 Å². The van der Waals surface area contributed by atoms with Crippen molar-refractivity contribution in [3.63, 3.8) is 0 Å². The molecule has 3 rings (SSSR count). The van der Waals surface area contributed by atoms with Crippen LogP contribution in [-0.4, -0.2) is 15.9 Å². The first-order valence-corrected chi connectivity index (χ1v) is 9.08. The van der Waals surface area contributed by atoms with Crippen LogP contribution in [0, 0.1) is 10.1 Å². The lowest BCUT2D eigenvalue weighted by Gasteiger charge is -2.09. The van der Waals surface area contributed by atoms with Crippen molar-refractivity contribution < 1.29 is 9.72 Å². The van der Waals surface area contributed by atoms with Gasteiger partial charge in [0.05, 0.1) is 9.95 Å². The first-order chi connectivity index (χ1) is 12.4. The maximum absolute atomic E-state index is 12.5. The van der Waals surface area contributed by atoms with Gasteiger partial charge in [-0.15, -0.1) is 11.3 Å². The first kappa shape index (κ1) is 18.5. The second kappa shape index (κ2) is 7.55. The highest BCUT2D eigenvalue weighted by molar-refractivity contribution is 7.80. The lowest BCUT2D eigenvalue weighted by atomic mass is 10.2. The molecule has 0 fully saturated rings. The predicted molar refractivity (Wildman–Crippen MR) is 109 cm³/mol.